The summed E-state index contributed by atoms with van der Waals surface area (Å²) in [5.41, 5.74) is 6.56. The summed E-state index contributed by atoms with van der Waals surface area (Å²) in [6.45, 7) is 0. The van der Waals surface area contributed by atoms with E-state index in [0.717, 1.165) is 5.39 Å². The lowest BCUT2D eigenvalue weighted by molar-refractivity contribution is 0.419. The quantitative estimate of drug-likeness (QED) is 0.736. The van der Waals surface area contributed by atoms with Crippen molar-refractivity contribution in [3.05, 3.63) is 36.4 Å². The molecule has 3 aromatic rings. The van der Waals surface area contributed by atoms with E-state index in [-0.39, 0.29) is 11.6 Å². The Kier molecular flexibility index (Phi) is 2.52. The highest BCUT2D eigenvalue weighted by Crippen LogP contribution is 2.38. The first-order valence-electron chi connectivity index (χ1n) is 5.72. The van der Waals surface area contributed by atoms with E-state index in [0.29, 0.717) is 22.4 Å². The van der Waals surface area contributed by atoms with Crippen molar-refractivity contribution < 1.29 is 14.4 Å². The minimum atomic E-state index is 0.129. The van der Waals surface area contributed by atoms with Gasteiger partial charge in [0.15, 0.2) is 0 Å². The van der Waals surface area contributed by atoms with Crippen molar-refractivity contribution in [1.29, 1.82) is 0 Å². The number of aromatic hydroxyl groups is 1. The fourth-order valence-electron chi connectivity index (χ4n) is 2.11. The molecule has 19 heavy (non-hydrogen) atoms. The Bertz CT molecular complexity index is 750. The van der Waals surface area contributed by atoms with Crippen LogP contribution in [0, 0.1) is 0 Å². The summed E-state index contributed by atoms with van der Waals surface area (Å²) in [7, 11) is 1.60. The van der Waals surface area contributed by atoms with Gasteiger partial charge in [0.25, 0.3) is 0 Å². The number of nitrogen functional groups attached to an aromatic ring is 1. The molecule has 3 N–H and O–H groups in total. The van der Waals surface area contributed by atoms with Gasteiger partial charge in [-0.3, -0.25) is 0 Å². The molecule has 0 radical (unpaired) electrons. The van der Waals surface area contributed by atoms with E-state index < -0.39 is 0 Å². The van der Waals surface area contributed by atoms with E-state index in [1.165, 1.54) is 0 Å². The maximum atomic E-state index is 10.4. The zero-order valence-corrected chi connectivity index (χ0v) is 10.3. The van der Waals surface area contributed by atoms with E-state index in [1.807, 2.05) is 24.3 Å². The molecule has 0 amide bonds. The molecule has 1 aromatic heterocycles. The number of hydrogen-bond donors (Lipinski definition) is 2. The van der Waals surface area contributed by atoms with E-state index in [9.17, 15) is 5.11 Å². The number of aromatic nitrogens is 1. The fraction of sp³-hybridized carbons (Fsp3) is 0.0714. The number of phenols is 1. The van der Waals surface area contributed by atoms with Gasteiger partial charge in [0.2, 0.25) is 5.88 Å². The van der Waals surface area contributed by atoms with E-state index in [2.05, 4.69) is 5.16 Å². The van der Waals surface area contributed by atoms with Crippen LogP contribution in [0.1, 0.15) is 0 Å². The zero-order chi connectivity index (χ0) is 13.4. The second-order valence-corrected chi connectivity index (χ2v) is 4.13. The highest BCUT2D eigenvalue weighted by molar-refractivity contribution is 5.97. The van der Waals surface area contributed by atoms with Crippen LogP contribution in [-0.4, -0.2) is 17.4 Å². The largest absolute Gasteiger partial charge is 0.507 e. The smallest absolute Gasteiger partial charge is 0.222 e. The van der Waals surface area contributed by atoms with Crippen molar-refractivity contribution >= 4 is 16.7 Å². The molecule has 5 nitrogen and oxygen atoms in total. The molecule has 0 fully saturated rings. The number of rotatable bonds is 2. The summed E-state index contributed by atoms with van der Waals surface area (Å²) in [5.74, 6) is 1.05. The lowest BCUT2D eigenvalue weighted by Crippen LogP contribution is -1.86. The highest BCUT2D eigenvalue weighted by Gasteiger charge is 2.13. The molecule has 0 aliphatic rings. The van der Waals surface area contributed by atoms with Gasteiger partial charge in [-0.15, -0.1) is 0 Å². The molecule has 5 heteroatoms. The lowest BCUT2D eigenvalue weighted by atomic mass is 10.0. The molecular formula is C14H12N2O3. The van der Waals surface area contributed by atoms with E-state index >= 15 is 0 Å². The number of ether oxygens (including phenoxy) is 1. The molecule has 0 aliphatic heterocycles. The Morgan fingerprint density at radius 3 is 2.74 bits per heavy atom. The predicted molar refractivity (Wildman–Crippen MR) is 72.1 cm³/mol. The highest BCUT2D eigenvalue weighted by atomic mass is 16.5. The maximum absolute atomic E-state index is 10.4. The molecule has 0 unspecified atom stereocenters. The number of hydrogen-bond acceptors (Lipinski definition) is 5. The second kappa shape index (κ2) is 4.20. The first kappa shape index (κ1) is 11.4. The second-order valence-electron chi connectivity index (χ2n) is 4.13. The van der Waals surface area contributed by atoms with Crippen molar-refractivity contribution in [1.82, 2.24) is 5.16 Å². The Hall–Kier alpha value is -2.69. The average molecular weight is 256 g/mol. The third kappa shape index (κ3) is 1.76. The van der Waals surface area contributed by atoms with Crippen molar-refractivity contribution in [3.63, 3.8) is 0 Å². The first-order chi connectivity index (χ1) is 9.20. The summed E-state index contributed by atoms with van der Waals surface area (Å²) in [4.78, 5) is 0. The Morgan fingerprint density at radius 1 is 1.21 bits per heavy atom. The molecule has 0 spiro atoms. The molecule has 0 saturated heterocycles. The number of fused-ring (bicyclic) bond motifs is 1. The third-order valence-electron chi connectivity index (χ3n) is 3.02. The Morgan fingerprint density at radius 2 is 2.05 bits per heavy atom. The van der Waals surface area contributed by atoms with Crippen LogP contribution in [-0.2, 0) is 0 Å². The summed E-state index contributed by atoms with van der Waals surface area (Å²) in [6, 6.07) is 10.7. The van der Waals surface area contributed by atoms with Gasteiger partial charge in [0, 0.05) is 22.4 Å². The molecule has 3 rings (SSSR count). The molecule has 1 heterocycles. The molecule has 0 saturated carbocycles. The number of anilines is 1. The summed E-state index contributed by atoms with van der Waals surface area (Å²) in [5, 5.41) is 15.7. The molecular weight excluding hydrogens is 244 g/mol. The minimum absolute atomic E-state index is 0.129. The Balaban J connectivity index is 2.27. The van der Waals surface area contributed by atoms with E-state index in [4.69, 9.17) is 15.0 Å². The standard InChI is InChI=1S/C14H12N2O3/c1-18-12-4-2-3-9-8(12)5-6-10(14(9)17)11-7-13(15)19-16-11/h2-7,17H,15H2,1H3. The molecule has 0 aliphatic carbocycles. The fourth-order valence-corrected chi connectivity index (χ4v) is 2.11. The SMILES string of the molecule is COc1cccc2c(O)c(-c3cc(N)on3)ccc12. The van der Waals surface area contributed by atoms with Crippen LogP contribution >= 0.6 is 0 Å². The van der Waals surface area contributed by atoms with Crippen LogP contribution in [0.15, 0.2) is 40.9 Å². The van der Waals surface area contributed by atoms with Gasteiger partial charge in [-0.25, -0.2) is 0 Å². The van der Waals surface area contributed by atoms with Gasteiger partial charge in [-0.1, -0.05) is 17.3 Å². The van der Waals surface area contributed by atoms with Gasteiger partial charge in [0.05, 0.1) is 7.11 Å². The van der Waals surface area contributed by atoms with Crippen LogP contribution in [0.3, 0.4) is 0 Å². The molecule has 96 valence electrons. The normalized spacial score (nSPS) is 10.8. The lowest BCUT2D eigenvalue weighted by Gasteiger charge is -2.08. The molecule has 2 aromatic carbocycles. The van der Waals surface area contributed by atoms with Crippen LogP contribution in [0.25, 0.3) is 22.0 Å². The zero-order valence-electron chi connectivity index (χ0n) is 10.3. The van der Waals surface area contributed by atoms with Crippen molar-refractivity contribution in [2.24, 2.45) is 0 Å². The van der Waals surface area contributed by atoms with Gasteiger partial charge >= 0.3 is 0 Å². The number of methoxy groups -OCH3 is 1. The number of nitrogens with zero attached hydrogens (tertiary/aromatic N) is 1. The molecule has 0 atom stereocenters. The summed E-state index contributed by atoms with van der Waals surface area (Å²) in [6.07, 6.45) is 0. The van der Waals surface area contributed by atoms with Gasteiger partial charge in [0.1, 0.15) is 17.2 Å². The average Bonchev–Trinajstić information content (AvgIpc) is 2.85. The first-order valence-corrected chi connectivity index (χ1v) is 5.72. The predicted octanol–water partition coefficient (Wildman–Crippen LogP) is 2.79. The van der Waals surface area contributed by atoms with Crippen LogP contribution in [0.4, 0.5) is 5.88 Å². The van der Waals surface area contributed by atoms with Gasteiger partial charge < -0.3 is 20.1 Å². The Labute approximate surface area is 109 Å². The van der Waals surface area contributed by atoms with Gasteiger partial charge in [-0.05, 0) is 18.2 Å². The molecule has 0 bridgehead atoms. The third-order valence-corrected chi connectivity index (χ3v) is 3.02. The summed E-state index contributed by atoms with van der Waals surface area (Å²) < 4.78 is 10.1. The monoisotopic (exact) mass is 256 g/mol. The summed E-state index contributed by atoms with van der Waals surface area (Å²) >= 11 is 0. The van der Waals surface area contributed by atoms with Crippen molar-refractivity contribution in [2.45, 2.75) is 0 Å². The minimum Gasteiger partial charge on any atom is -0.507 e. The maximum Gasteiger partial charge on any atom is 0.222 e. The van der Waals surface area contributed by atoms with Crippen LogP contribution in [0.2, 0.25) is 0 Å². The van der Waals surface area contributed by atoms with Crippen LogP contribution in [0.5, 0.6) is 11.5 Å². The van der Waals surface area contributed by atoms with Gasteiger partial charge in [-0.2, -0.15) is 0 Å². The number of phenolic OH excluding ortho intramolecular Hbond substituents is 1. The van der Waals surface area contributed by atoms with Crippen molar-refractivity contribution in [3.8, 4) is 22.8 Å². The van der Waals surface area contributed by atoms with Crippen LogP contribution < -0.4 is 10.5 Å². The van der Waals surface area contributed by atoms with E-state index in [1.54, 1.807) is 19.2 Å². The topological polar surface area (TPSA) is 81.5 Å². The number of nitrogens with two attached hydrogens (primary N) is 1. The number of benzene rings is 2. The van der Waals surface area contributed by atoms with Crippen molar-refractivity contribution in [2.75, 3.05) is 12.8 Å².